The molecule has 0 saturated carbocycles. The van der Waals surface area contributed by atoms with E-state index in [0.29, 0.717) is 11.2 Å². The van der Waals surface area contributed by atoms with Gasteiger partial charge in [-0.1, -0.05) is 0 Å². The van der Waals surface area contributed by atoms with Crippen LogP contribution >= 0.6 is 0 Å². The highest BCUT2D eigenvalue weighted by Crippen LogP contribution is 2.32. The molecule has 0 radical (unpaired) electrons. The van der Waals surface area contributed by atoms with E-state index >= 15 is 0 Å². The van der Waals surface area contributed by atoms with Gasteiger partial charge in [0.25, 0.3) is 5.91 Å². The first-order chi connectivity index (χ1) is 14.5. The Balaban J connectivity index is 1.45. The van der Waals surface area contributed by atoms with Gasteiger partial charge in [-0.05, 0) is 37.6 Å². The monoisotopic (exact) mass is 407 g/mol. The summed E-state index contributed by atoms with van der Waals surface area (Å²) in [6, 6.07) is 5.82. The Morgan fingerprint density at radius 3 is 2.67 bits per heavy atom. The molecule has 0 aliphatic carbocycles. The molecule has 0 N–H and O–H groups in total. The molecule has 1 saturated heterocycles. The number of hydrogen-bond acceptors (Lipinski definition) is 6. The summed E-state index contributed by atoms with van der Waals surface area (Å²) in [5.41, 5.74) is 3.13. The van der Waals surface area contributed by atoms with E-state index in [4.69, 9.17) is 0 Å². The van der Waals surface area contributed by atoms with E-state index in [9.17, 15) is 9.59 Å². The average molecular weight is 407 g/mol. The zero-order chi connectivity index (χ0) is 20.8. The van der Waals surface area contributed by atoms with Gasteiger partial charge in [0, 0.05) is 63.9 Å². The summed E-state index contributed by atoms with van der Waals surface area (Å²) in [4.78, 5) is 36.0. The van der Waals surface area contributed by atoms with E-state index in [-0.39, 0.29) is 11.6 Å². The lowest BCUT2D eigenvalue weighted by Gasteiger charge is -2.33. The molecular formula is C21H25N7O2. The third kappa shape index (κ3) is 3.15. The first-order valence-electron chi connectivity index (χ1n) is 10.3. The van der Waals surface area contributed by atoms with Crippen molar-refractivity contribution in [3.63, 3.8) is 0 Å². The number of pyridine rings is 2. The van der Waals surface area contributed by atoms with E-state index < -0.39 is 0 Å². The number of rotatable bonds is 2. The lowest BCUT2D eigenvalue weighted by Crippen LogP contribution is -2.47. The van der Waals surface area contributed by atoms with Crippen LogP contribution in [0.5, 0.6) is 0 Å². The molecular weight excluding hydrogens is 382 g/mol. The molecule has 9 nitrogen and oxygen atoms in total. The van der Waals surface area contributed by atoms with E-state index in [0.717, 1.165) is 62.6 Å². The number of carbonyl (C=O) groups is 1. The number of amides is 1. The number of piperazine rings is 1. The molecule has 2 aliphatic rings. The lowest BCUT2D eigenvalue weighted by molar-refractivity contribution is 0.0663. The maximum absolute atomic E-state index is 12.9. The largest absolute Gasteiger partial charge is 0.350 e. The second-order valence-electron chi connectivity index (χ2n) is 8.08. The second-order valence-corrected chi connectivity index (χ2v) is 8.08. The van der Waals surface area contributed by atoms with Crippen LogP contribution in [0.25, 0.3) is 5.65 Å². The van der Waals surface area contributed by atoms with Gasteiger partial charge in [-0.15, -0.1) is 0 Å². The number of nitrogens with zero attached hydrogens (tertiary/aromatic N) is 7. The molecule has 1 amide bonds. The summed E-state index contributed by atoms with van der Waals surface area (Å²) < 4.78 is 2.86. The van der Waals surface area contributed by atoms with Crippen molar-refractivity contribution >= 4 is 23.1 Å². The SMILES string of the molecule is CN1CCN(C(=O)c2cnc3c(c2)CCCN3c2ccn3c(=O)n(C)nc3c2)CC1. The molecule has 1 fully saturated rings. The number of fused-ring (bicyclic) bond motifs is 2. The number of hydrogen-bond donors (Lipinski definition) is 0. The predicted octanol–water partition coefficient (Wildman–Crippen LogP) is 0.900. The molecule has 0 unspecified atom stereocenters. The molecule has 0 spiro atoms. The number of likely N-dealkylation sites (N-methyl/N-ethyl adjacent to an activating group) is 1. The van der Waals surface area contributed by atoms with Crippen LogP contribution in [0.1, 0.15) is 22.3 Å². The lowest BCUT2D eigenvalue weighted by atomic mass is 10.0. The van der Waals surface area contributed by atoms with Gasteiger partial charge in [0.2, 0.25) is 0 Å². The number of anilines is 2. The summed E-state index contributed by atoms with van der Waals surface area (Å²) in [6.45, 7) is 4.14. The standard InChI is InChI=1S/C21H25N7O2/c1-24-8-10-26(11-9-24)20(29)16-12-15-4-3-6-27(19(15)22-14-16)17-5-7-28-18(13-17)23-25(2)21(28)30/h5,7,12-14H,3-4,6,8-11H2,1-2H3. The van der Waals surface area contributed by atoms with Crippen LogP contribution in [-0.2, 0) is 13.5 Å². The molecule has 3 aromatic rings. The summed E-state index contributed by atoms with van der Waals surface area (Å²) in [6.07, 6.45) is 5.32. The number of aryl methyl sites for hydroxylation is 2. The molecule has 2 aliphatic heterocycles. The van der Waals surface area contributed by atoms with Gasteiger partial charge in [-0.3, -0.25) is 9.20 Å². The fourth-order valence-electron chi connectivity index (χ4n) is 4.26. The van der Waals surface area contributed by atoms with Crippen LogP contribution < -0.4 is 10.6 Å². The van der Waals surface area contributed by atoms with Crippen LogP contribution in [0.15, 0.2) is 35.4 Å². The zero-order valence-electron chi connectivity index (χ0n) is 17.3. The fourth-order valence-corrected chi connectivity index (χ4v) is 4.26. The normalized spacial score (nSPS) is 17.4. The van der Waals surface area contributed by atoms with Gasteiger partial charge in [-0.2, -0.15) is 5.10 Å². The fraction of sp³-hybridized carbons (Fsp3) is 0.429. The maximum Gasteiger partial charge on any atom is 0.350 e. The number of aromatic nitrogens is 4. The average Bonchev–Trinajstić information content (AvgIpc) is 3.06. The highest BCUT2D eigenvalue weighted by Gasteiger charge is 2.25. The summed E-state index contributed by atoms with van der Waals surface area (Å²) >= 11 is 0. The number of carbonyl (C=O) groups excluding carboxylic acids is 1. The Hall–Kier alpha value is -3.20. The van der Waals surface area contributed by atoms with Crippen molar-refractivity contribution in [2.24, 2.45) is 7.05 Å². The Bertz CT molecular complexity index is 1170. The maximum atomic E-state index is 12.9. The topological polar surface area (TPSA) is 79.0 Å². The van der Waals surface area contributed by atoms with E-state index in [1.54, 1.807) is 19.4 Å². The first-order valence-corrected chi connectivity index (χ1v) is 10.3. The molecule has 3 aromatic heterocycles. The van der Waals surface area contributed by atoms with Crippen LogP contribution in [0.2, 0.25) is 0 Å². The molecule has 0 atom stereocenters. The summed E-state index contributed by atoms with van der Waals surface area (Å²) in [5.74, 6) is 0.934. The molecule has 0 aromatic carbocycles. The Kier molecular flexibility index (Phi) is 4.54. The molecule has 156 valence electrons. The van der Waals surface area contributed by atoms with Crippen molar-refractivity contribution in [3.8, 4) is 0 Å². The quantitative estimate of drug-likeness (QED) is 0.628. The predicted molar refractivity (Wildman–Crippen MR) is 113 cm³/mol. The zero-order valence-corrected chi connectivity index (χ0v) is 17.3. The van der Waals surface area contributed by atoms with Crippen molar-refractivity contribution < 1.29 is 4.79 Å². The highest BCUT2D eigenvalue weighted by atomic mass is 16.2. The van der Waals surface area contributed by atoms with Gasteiger partial charge in [0.05, 0.1) is 5.56 Å². The third-order valence-corrected chi connectivity index (χ3v) is 6.03. The van der Waals surface area contributed by atoms with Crippen molar-refractivity contribution in [2.75, 3.05) is 44.7 Å². The molecule has 30 heavy (non-hydrogen) atoms. The van der Waals surface area contributed by atoms with Crippen molar-refractivity contribution in [3.05, 3.63) is 52.2 Å². The second kappa shape index (κ2) is 7.24. The smallest absolute Gasteiger partial charge is 0.336 e. The summed E-state index contributed by atoms with van der Waals surface area (Å²) in [7, 11) is 3.72. The van der Waals surface area contributed by atoms with E-state index in [2.05, 4.69) is 26.9 Å². The van der Waals surface area contributed by atoms with Gasteiger partial charge >= 0.3 is 5.69 Å². The molecule has 5 heterocycles. The third-order valence-electron chi connectivity index (χ3n) is 6.03. The Labute approximate surface area is 174 Å². The van der Waals surface area contributed by atoms with Crippen molar-refractivity contribution in [2.45, 2.75) is 12.8 Å². The molecule has 0 bridgehead atoms. The van der Waals surface area contributed by atoms with Crippen molar-refractivity contribution in [1.82, 2.24) is 29.0 Å². The Morgan fingerprint density at radius 2 is 1.87 bits per heavy atom. The van der Waals surface area contributed by atoms with Crippen molar-refractivity contribution in [1.29, 1.82) is 0 Å². The highest BCUT2D eigenvalue weighted by molar-refractivity contribution is 5.94. The minimum atomic E-state index is -0.166. The van der Waals surface area contributed by atoms with Crippen LogP contribution in [0, 0.1) is 0 Å². The van der Waals surface area contributed by atoms with Gasteiger partial charge < -0.3 is 14.7 Å². The van der Waals surface area contributed by atoms with Crippen LogP contribution in [-0.4, -0.2) is 74.6 Å². The first kappa shape index (κ1) is 18.8. The molecule has 5 rings (SSSR count). The molecule has 9 heteroatoms. The minimum Gasteiger partial charge on any atom is -0.336 e. The van der Waals surface area contributed by atoms with Gasteiger partial charge in [-0.25, -0.2) is 14.5 Å². The van der Waals surface area contributed by atoms with E-state index in [1.807, 2.05) is 23.1 Å². The van der Waals surface area contributed by atoms with Crippen LogP contribution in [0.4, 0.5) is 11.5 Å². The Morgan fingerprint density at radius 1 is 1.07 bits per heavy atom. The van der Waals surface area contributed by atoms with Crippen LogP contribution in [0.3, 0.4) is 0 Å². The van der Waals surface area contributed by atoms with E-state index in [1.165, 1.54) is 9.08 Å². The van der Waals surface area contributed by atoms with Gasteiger partial charge in [0.1, 0.15) is 5.82 Å². The minimum absolute atomic E-state index is 0.0600. The summed E-state index contributed by atoms with van der Waals surface area (Å²) in [5, 5.41) is 4.28. The van der Waals surface area contributed by atoms with Gasteiger partial charge in [0.15, 0.2) is 5.65 Å².